The fourth-order valence-corrected chi connectivity index (χ4v) is 4.72. The number of alkyl halides is 2. The molecule has 1 aromatic carbocycles. The molecule has 0 amide bonds. The highest BCUT2D eigenvalue weighted by atomic mass is 19.3. The van der Waals surface area contributed by atoms with Gasteiger partial charge < -0.3 is 9.47 Å². The molecule has 0 atom stereocenters. The first kappa shape index (κ1) is 19.7. The molecule has 160 valence electrons. The van der Waals surface area contributed by atoms with Crippen LogP contribution in [-0.4, -0.2) is 34.4 Å². The first-order chi connectivity index (χ1) is 14.4. The maximum atomic E-state index is 13.2. The van der Waals surface area contributed by atoms with Crippen molar-refractivity contribution in [3.8, 4) is 16.9 Å². The molecular weight excluding hydrogens is 390 g/mol. The second kappa shape index (κ2) is 7.46. The molecule has 7 heteroatoms. The number of likely N-dealkylation sites (tertiary alicyclic amines) is 1. The van der Waals surface area contributed by atoms with Crippen LogP contribution in [0.1, 0.15) is 49.8 Å². The number of rotatable bonds is 3. The number of nitrogens with zero attached hydrogens (tertiary/aromatic N) is 2. The summed E-state index contributed by atoms with van der Waals surface area (Å²) < 4.78 is 39.3. The van der Waals surface area contributed by atoms with Crippen molar-refractivity contribution in [2.75, 3.05) is 13.1 Å². The van der Waals surface area contributed by atoms with Crippen LogP contribution in [0.4, 0.5) is 8.78 Å². The number of ether oxygens (including phenoxy) is 2. The Morgan fingerprint density at radius 1 is 1.17 bits per heavy atom. The van der Waals surface area contributed by atoms with Gasteiger partial charge in [0.1, 0.15) is 5.75 Å². The molecule has 2 aliphatic heterocycles. The Morgan fingerprint density at radius 3 is 2.60 bits per heavy atom. The first-order valence-corrected chi connectivity index (χ1v) is 10.7. The van der Waals surface area contributed by atoms with Gasteiger partial charge in [0, 0.05) is 55.4 Å². The number of benzene rings is 1. The van der Waals surface area contributed by atoms with E-state index in [0.717, 1.165) is 48.8 Å². The molecule has 0 radical (unpaired) electrons. The number of pyridine rings is 1. The highest BCUT2D eigenvalue weighted by molar-refractivity contribution is 5.68. The fraction of sp³-hybridized carbons (Fsp3) is 0.522. The lowest BCUT2D eigenvalue weighted by atomic mass is 9.89. The van der Waals surface area contributed by atoms with Crippen molar-refractivity contribution in [1.29, 1.82) is 0 Å². The summed E-state index contributed by atoms with van der Waals surface area (Å²) in [5, 5.41) is 0. The molecule has 1 spiro atoms. The highest BCUT2D eigenvalue weighted by Crippen LogP contribution is 2.40. The van der Waals surface area contributed by atoms with Crippen LogP contribution >= 0.6 is 0 Å². The number of aromatic nitrogens is 1. The molecule has 0 unspecified atom stereocenters. The summed E-state index contributed by atoms with van der Waals surface area (Å²) in [6, 6.07) is 7.65. The molecule has 3 heterocycles. The normalized spacial score (nSPS) is 21.3. The molecule has 30 heavy (non-hydrogen) atoms. The van der Waals surface area contributed by atoms with Crippen LogP contribution in [-0.2, 0) is 11.3 Å². The van der Waals surface area contributed by atoms with E-state index in [9.17, 15) is 13.6 Å². The Morgan fingerprint density at radius 2 is 1.93 bits per heavy atom. The summed E-state index contributed by atoms with van der Waals surface area (Å²) >= 11 is 0. The minimum Gasteiger partial charge on any atom is -0.462 e. The van der Waals surface area contributed by atoms with E-state index >= 15 is 0 Å². The van der Waals surface area contributed by atoms with Gasteiger partial charge in [-0.05, 0) is 43.0 Å². The average Bonchev–Trinajstić information content (AvgIpc) is 2.68. The fourth-order valence-electron chi connectivity index (χ4n) is 4.72. The van der Waals surface area contributed by atoms with Gasteiger partial charge in [-0.25, -0.2) is 0 Å². The molecule has 1 aromatic heterocycles. The second-order valence-corrected chi connectivity index (χ2v) is 8.64. The van der Waals surface area contributed by atoms with Crippen LogP contribution in [0.5, 0.6) is 5.75 Å². The van der Waals surface area contributed by atoms with Crippen molar-refractivity contribution < 1.29 is 18.3 Å². The first-order valence-electron chi connectivity index (χ1n) is 10.7. The van der Waals surface area contributed by atoms with Crippen molar-refractivity contribution in [2.45, 2.75) is 64.0 Å². The largest absolute Gasteiger partial charge is 0.462 e. The monoisotopic (exact) mass is 416 g/mol. The van der Waals surface area contributed by atoms with Gasteiger partial charge in [-0.2, -0.15) is 8.78 Å². The Hall–Kier alpha value is -2.25. The molecule has 1 aliphatic carbocycles. The zero-order valence-electron chi connectivity index (χ0n) is 17.1. The predicted octanol–water partition coefficient (Wildman–Crippen LogP) is 4.47. The van der Waals surface area contributed by atoms with Crippen molar-refractivity contribution in [2.24, 2.45) is 0 Å². The molecule has 2 aromatic rings. The van der Waals surface area contributed by atoms with E-state index in [1.54, 1.807) is 6.92 Å². The van der Waals surface area contributed by atoms with E-state index in [0.29, 0.717) is 22.3 Å². The lowest BCUT2D eigenvalue weighted by Gasteiger charge is -2.47. The Labute approximate surface area is 174 Å². The Balaban J connectivity index is 1.37. The van der Waals surface area contributed by atoms with E-state index in [1.807, 2.05) is 18.2 Å². The van der Waals surface area contributed by atoms with Crippen LogP contribution in [0.25, 0.3) is 11.1 Å². The number of piperidine rings is 1. The van der Waals surface area contributed by atoms with Crippen LogP contribution in [0.2, 0.25) is 0 Å². The summed E-state index contributed by atoms with van der Waals surface area (Å²) in [7, 11) is 0. The quantitative estimate of drug-likeness (QED) is 0.741. The molecule has 2 fully saturated rings. The van der Waals surface area contributed by atoms with E-state index in [-0.39, 0.29) is 0 Å². The third-order valence-corrected chi connectivity index (χ3v) is 6.81. The lowest BCUT2D eigenvalue weighted by Crippen LogP contribution is -2.54. The summed E-state index contributed by atoms with van der Waals surface area (Å²) in [6.07, 6.45) is 6.87. The number of halogens is 2. The Bertz CT molecular complexity index is 1010. The maximum Gasteiger partial charge on any atom is 0.321 e. The van der Waals surface area contributed by atoms with Gasteiger partial charge in [0.25, 0.3) is 5.56 Å². The van der Waals surface area contributed by atoms with Crippen molar-refractivity contribution in [3.05, 3.63) is 51.9 Å². The van der Waals surface area contributed by atoms with Gasteiger partial charge in [-0.15, -0.1) is 0 Å². The molecule has 1 saturated carbocycles. The van der Waals surface area contributed by atoms with E-state index in [4.69, 9.17) is 9.47 Å². The molecular formula is C23H26F2N2O3. The third kappa shape index (κ3) is 3.44. The molecule has 0 N–H and O–H groups in total. The minimum absolute atomic E-state index is 0.431. The summed E-state index contributed by atoms with van der Waals surface area (Å²) in [5.41, 5.74) is 2.23. The van der Waals surface area contributed by atoms with Gasteiger partial charge >= 0.3 is 6.55 Å². The highest BCUT2D eigenvalue weighted by Gasteiger charge is 2.42. The van der Waals surface area contributed by atoms with Crippen LogP contribution in [0.15, 0.2) is 35.3 Å². The van der Waals surface area contributed by atoms with Gasteiger partial charge in [0.05, 0.1) is 6.61 Å². The van der Waals surface area contributed by atoms with Crippen LogP contribution < -0.4 is 10.3 Å². The zero-order valence-corrected chi connectivity index (χ0v) is 17.1. The number of aryl methyl sites for hydroxylation is 1. The zero-order chi connectivity index (χ0) is 20.9. The number of fused-ring (bicyclic) bond motifs is 1. The smallest absolute Gasteiger partial charge is 0.321 e. The van der Waals surface area contributed by atoms with Crippen LogP contribution in [0.3, 0.4) is 0 Å². The third-order valence-electron chi connectivity index (χ3n) is 6.81. The lowest BCUT2D eigenvalue weighted by molar-refractivity contribution is -0.231. The summed E-state index contributed by atoms with van der Waals surface area (Å²) in [5.74, 6) is 0.232. The summed E-state index contributed by atoms with van der Waals surface area (Å²) in [6.45, 7) is 1.30. The number of hydrogen-bond donors (Lipinski definition) is 0. The number of hydrogen-bond acceptors (Lipinski definition) is 4. The summed E-state index contributed by atoms with van der Waals surface area (Å²) in [4.78, 5) is 14.4. The molecule has 3 aliphatic rings. The minimum atomic E-state index is -2.87. The van der Waals surface area contributed by atoms with Gasteiger partial charge in [-0.3, -0.25) is 14.3 Å². The molecule has 1 saturated heterocycles. The van der Waals surface area contributed by atoms with Gasteiger partial charge in [-0.1, -0.05) is 12.5 Å². The van der Waals surface area contributed by atoms with Crippen molar-refractivity contribution >= 4 is 0 Å². The van der Waals surface area contributed by atoms with Crippen molar-refractivity contribution in [3.63, 3.8) is 0 Å². The topological polar surface area (TPSA) is 43.7 Å². The van der Waals surface area contributed by atoms with E-state index in [1.165, 1.54) is 31.5 Å². The molecule has 5 nitrogen and oxygen atoms in total. The van der Waals surface area contributed by atoms with Crippen molar-refractivity contribution in [1.82, 2.24) is 9.47 Å². The van der Waals surface area contributed by atoms with E-state index in [2.05, 4.69) is 4.90 Å². The van der Waals surface area contributed by atoms with E-state index < -0.39 is 17.9 Å². The van der Waals surface area contributed by atoms with Crippen LogP contribution in [0, 0.1) is 6.92 Å². The molecule has 0 bridgehead atoms. The molecule has 5 rings (SSSR count). The average molecular weight is 416 g/mol. The maximum absolute atomic E-state index is 13.2. The Kier molecular flexibility index (Phi) is 4.90. The van der Waals surface area contributed by atoms with Gasteiger partial charge in [0.2, 0.25) is 5.79 Å². The standard InChI is InChI=1S/C23H26F2N2O3/c1-15-11-21(28)27(22(24)25)13-19(15)16-5-6-20-17(12-16)14-29-23(30-20)7-9-26(10-8-23)18-3-2-4-18/h5-6,11-13,18,22H,2-4,7-10,14H2,1H3. The van der Waals surface area contributed by atoms with Gasteiger partial charge in [0.15, 0.2) is 0 Å². The predicted molar refractivity (Wildman–Crippen MR) is 109 cm³/mol. The second-order valence-electron chi connectivity index (χ2n) is 8.64. The SMILES string of the molecule is Cc1cc(=O)n(C(F)F)cc1-c1ccc2c(c1)COC1(CCN(C3CCC3)CC1)O2.